The van der Waals surface area contributed by atoms with Gasteiger partial charge in [0.1, 0.15) is 6.54 Å². The minimum atomic E-state index is -1.04. The fourth-order valence-corrected chi connectivity index (χ4v) is 2.21. The number of aliphatic carboxylic acids is 1. The molecule has 0 bridgehead atoms. The molecular formula is C13H16ClNO3. The van der Waals surface area contributed by atoms with Crippen LogP contribution >= 0.6 is 11.6 Å². The van der Waals surface area contributed by atoms with E-state index in [1.165, 1.54) is 11.9 Å². The molecule has 0 spiro atoms. The second kappa shape index (κ2) is 5.40. The number of benzene rings is 1. The Morgan fingerprint density at radius 2 is 1.89 bits per heavy atom. The Morgan fingerprint density at radius 3 is 2.39 bits per heavy atom. The van der Waals surface area contributed by atoms with Gasteiger partial charge in [0.2, 0.25) is 5.91 Å². The van der Waals surface area contributed by atoms with E-state index >= 15 is 0 Å². The lowest BCUT2D eigenvalue weighted by molar-refractivity contribution is -0.145. The number of hydrogen-bond donors (Lipinski definition) is 1. The van der Waals surface area contributed by atoms with E-state index in [1.807, 2.05) is 0 Å². The van der Waals surface area contributed by atoms with Crippen molar-refractivity contribution in [3.63, 3.8) is 0 Å². The van der Waals surface area contributed by atoms with Crippen LogP contribution in [0, 0.1) is 0 Å². The first kappa shape index (κ1) is 14.5. The van der Waals surface area contributed by atoms with Crippen LogP contribution in [0.5, 0.6) is 0 Å². The maximum absolute atomic E-state index is 12.3. The van der Waals surface area contributed by atoms with Crippen LogP contribution in [0.1, 0.15) is 19.4 Å². The summed E-state index contributed by atoms with van der Waals surface area (Å²) in [5, 5.41) is 9.20. The third-order valence-corrected chi connectivity index (χ3v) is 3.13. The average Bonchev–Trinajstić information content (AvgIpc) is 2.27. The first-order valence-electron chi connectivity index (χ1n) is 5.49. The number of halogens is 1. The molecule has 0 saturated carbocycles. The van der Waals surface area contributed by atoms with Crippen LogP contribution in [0.2, 0.25) is 5.02 Å². The molecule has 0 aromatic heterocycles. The van der Waals surface area contributed by atoms with Gasteiger partial charge >= 0.3 is 5.97 Å². The lowest BCUT2D eigenvalue weighted by Gasteiger charge is -2.29. The predicted molar refractivity (Wildman–Crippen MR) is 69.8 cm³/mol. The third-order valence-electron chi connectivity index (χ3n) is 2.80. The lowest BCUT2D eigenvalue weighted by Crippen LogP contribution is -2.43. The van der Waals surface area contributed by atoms with Crippen LogP contribution in [0.15, 0.2) is 24.3 Å². The standard InChI is InChI=1S/C13H16ClNO3/c1-13(2,9-6-4-5-7-10(9)14)12(18)15(3)8-11(16)17/h4-7H,8H2,1-3H3,(H,16,17). The summed E-state index contributed by atoms with van der Waals surface area (Å²) >= 11 is 6.08. The molecule has 0 atom stereocenters. The second-order valence-electron chi connectivity index (χ2n) is 4.66. The van der Waals surface area contributed by atoms with E-state index in [0.717, 1.165) is 0 Å². The molecule has 4 nitrogen and oxygen atoms in total. The maximum atomic E-state index is 12.3. The number of likely N-dealkylation sites (N-methyl/N-ethyl adjacent to an activating group) is 1. The first-order valence-corrected chi connectivity index (χ1v) is 5.87. The van der Waals surface area contributed by atoms with Gasteiger partial charge in [-0.1, -0.05) is 29.8 Å². The Bertz CT molecular complexity index is 471. The zero-order chi connectivity index (χ0) is 13.9. The van der Waals surface area contributed by atoms with Crippen molar-refractivity contribution in [1.82, 2.24) is 4.90 Å². The molecule has 0 fully saturated rings. The summed E-state index contributed by atoms with van der Waals surface area (Å²) in [6.45, 7) is 3.14. The van der Waals surface area contributed by atoms with Gasteiger partial charge in [-0.05, 0) is 25.5 Å². The molecule has 0 heterocycles. The van der Waals surface area contributed by atoms with Gasteiger partial charge in [0.25, 0.3) is 0 Å². The zero-order valence-corrected chi connectivity index (χ0v) is 11.4. The van der Waals surface area contributed by atoms with Crippen LogP contribution in [-0.4, -0.2) is 35.5 Å². The van der Waals surface area contributed by atoms with Crippen LogP contribution in [0.25, 0.3) is 0 Å². The van der Waals surface area contributed by atoms with Crippen LogP contribution in [0.3, 0.4) is 0 Å². The van der Waals surface area contributed by atoms with Gasteiger partial charge in [-0.15, -0.1) is 0 Å². The molecule has 0 unspecified atom stereocenters. The molecule has 1 amide bonds. The number of carbonyl (C=O) groups is 2. The summed E-state index contributed by atoms with van der Waals surface area (Å²) in [4.78, 5) is 24.1. The van der Waals surface area contributed by atoms with Crippen molar-refractivity contribution >= 4 is 23.5 Å². The summed E-state index contributed by atoms with van der Waals surface area (Å²) in [7, 11) is 1.47. The van der Waals surface area contributed by atoms with Crippen molar-refractivity contribution in [2.45, 2.75) is 19.3 Å². The highest BCUT2D eigenvalue weighted by atomic mass is 35.5. The lowest BCUT2D eigenvalue weighted by atomic mass is 9.83. The number of carbonyl (C=O) groups excluding carboxylic acids is 1. The largest absolute Gasteiger partial charge is 0.480 e. The maximum Gasteiger partial charge on any atom is 0.323 e. The highest BCUT2D eigenvalue weighted by Gasteiger charge is 2.34. The molecular weight excluding hydrogens is 254 g/mol. The smallest absolute Gasteiger partial charge is 0.323 e. The fraction of sp³-hybridized carbons (Fsp3) is 0.385. The summed E-state index contributed by atoms with van der Waals surface area (Å²) in [5.74, 6) is -1.32. The minimum Gasteiger partial charge on any atom is -0.480 e. The normalized spacial score (nSPS) is 11.1. The van der Waals surface area contributed by atoms with Crippen molar-refractivity contribution < 1.29 is 14.7 Å². The number of amides is 1. The molecule has 0 aliphatic carbocycles. The van der Waals surface area contributed by atoms with Gasteiger partial charge in [0.05, 0.1) is 5.41 Å². The van der Waals surface area contributed by atoms with Gasteiger partial charge in [0, 0.05) is 12.1 Å². The minimum absolute atomic E-state index is 0.280. The van der Waals surface area contributed by atoms with Gasteiger partial charge in [-0.25, -0.2) is 0 Å². The number of carboxylic acids is 1. The Morgan fingerprint density at radius 1 is 1.33 bits per heavy atom. The Kier molecular flexibility index (Phi) is 4.35. The highest BCUT2D eigenvalue weighted by Crippen LogP contribution is 2.31. The molecule has 1 N–H and O–H groups in total. The van der Waals surface area contributed by atoms with Crippen molar-refractivity contribution in [2.24, 2.45) is 0 Å². The predicted octanol–water partition coefficient (Wildman–Crippen LogP) is 2.16. The number of nitrogens with zero attached hydrogens (tertiary/aromatic N) is 1. The Hall–Kier alpha value is -1.55. The molecule has 1 rings (SSSR count). The SMILES string of the molecule is CN(CC(=O)O)C(=O)C(C)(C)c1ccccc1Cl. The van der Waals surface area contributed by atoms with E-state index in [1.54, 1.807) is 38.1 Å². The van der Waals surface area contributed by atoms with E-state index in [2.05, 4.69) is 0 Å². The number of carboxylic acid groups (broad SMARTS) is 1. The van der Waals surface area contributed by atoms with Gasteiger partial charge in [-0.2, -0.15) is 0 Å². The molecule has 0 saturated heterocycles. The first-order chi connectivity index (χ1) is 8.26. The van der Waals surface area contributed by atoms with Crippen molar-refractivity contribution in [3.05, 3.63) is 34.9 Å². The van der Waals surface area contributed by atoms with E-state index in [0.29, 0.717) is 10.6 Å². The number of rotatable bonds is 4. The molecule has 98 valence electrons. The van der Waals surface area contributed by atoms with Crippen LogP contribution in [0.4, 0.5) is 0 Å². The molecule has 0 aliphatic heterocycles. The van der Waals surface area contributed by atoms with E-state index in [-0.39, 0.29) is 12.5 Å². The third kappa shape index (κ3) is 3.01. The summed E-state index contributed by atoms with van der Waals surface area (Å²) < 4.78 is 0. The van der Waals surface area contributed by atoms with Crippen molar-refractivity contribution in [1.29, 1.82) is 0 Å². The molecule has 5 heteroatoms. The summed E-state index contributed by atoms with van der Waals surface area (Å²) in [6.07, 6.45) is 0. The summed E-state index contributed by atoms with van der Waals surface area (Å²) in [5.41, 5.74) is -0.170. The molecule has 0 radical (unpaired) electrons. The zero-order valence-electron chi connectivity index (χ0n) is 10.6. The molecule has 0 aliphatic rings. The van der Waals surface area contributed by atoms with E-state index < -0.39 is 11.4 Å². The molecule has 1 aromatic carbocycles. The molecule has 1 aromatic rings. The van der Waals surface area contributed by atoms with Crippen LogP contribution in [-0.2, 0) is 15.0 Å². The van der Waals surface area contributed by atoms with E-state index in [4.69, 9.17) is 16.7 Å². The van der Waals surface area contributed by atoms with Gasteiger partial charge in [-0.3, -0.25) is 9.59 Å². The topological polar surface area (TPSA) is 57.6 Å². The Labute approximate surface area is 111 Å². The molecule has 18 heavy (non-hydrogen) atoms. The monoisotopic (exact) mass is 269 g/mol. The van der Waals surface area contributed by atoms with Gasteiger partial charge in [0.15, 0.2) is 0 Å². The van der Waals surface area contributed by atoms with E-state index in [9.17, 15) is 9.59 Å². The van der Waals surface area contributed by atoms with Crippen molar-refractivity contribution in [3.8, 4) is 0 Å². The average molecular weight is 270 g/mol. The quantitative estimate of drug-likeness (QED) is 0.911. The van der Waals surface area contributed by atoms with Gasteiger partial charge < -0.3 is 10.0 Å². The van der Waals surface area contributed by atoms with Crippen molar-refractivity contribution in [2.75, 3.05) is 13.6 Å². The highest BCUT2D eigenvalue weighted by molar-refractivity contribution is 6.31. The van der Waals surface area contributed by atoms with Crippen LogP contribution < -0.4 is 0 Å². The Balaban J connectivity index is 3.03. The number of hydrogen-bond acceptors (Lipinski definition) is 2. The second-order valence-corrected chi connectivity index (χ2v) is 5.07. The summed E-state index contributed by atoms with van der Waals surface area (Å²) in [6, 6.07) is 7.07. The fourth-order valence-electron chi connectivity index (χ4n) is 1.84.